The van der Waals surface area contributed by atoms with Crippen LogP contribution in [0, 0.1) is 0 Å². The lowest BCUT2D eigenvalue weighted by Crippen LogP contribution is -2.50. The van der Waals surface area contributed by atoms with Crippen molar-refractivity contribution in [3.63, 3.8) is 0 Å². The van der Waals surface area contributed by atoms with Gasteiger partial charge in [0.15, 0.2) is 0 Å². The van der Waals surface area contributed by atoms with Crippen molar-refractivity contribution in [1.29, 1.82) is 0 Å². The molecule has 0 spiro atoms. The fourth-order valence-corrected chi connectivity index (χ4v) is 3.39. The normalized spacial score (nSPS) is 20.6. The minimum atomic E-state index is 0.0140. The van der Waals surface area contributed by atoms with E-state index in [4.69, 9.17) is 4.74 Å². The lowest BCUT2D eigenvalue weighted by Gasteiger charge is -2.33. The molecule has 0 radical (unpaired) electrons. The van der Waals surface area contributed by atoms with E-state index in [9.17, 15) is 4.79 Å². The summed E-state index contributed by atoms with van der Waals surface area (Å²) in [6.45, 7) is 4.71. The van der Waals surface area contributed by atoms with Crippen LogP contribution in [0.15, 0.2) is 17.5 Å². The topological polar surface area (TPSA) is 44.8 Å². The molecule has 0 saturated carbocycles. The fraction of sp³-hybridized carbons (Fsp3) is 0.667. The number of hydrogen-bond acceptors (Lipinski definition) is 4. The Kier molecular flexibility index (Phi) is 6.02. The molecule has 0 bridgehead atoms. The van der Waals surface area contributed by atoms with E-state index in [0.29, 0.717) is 26.2 Å². The zero-order chi connectivity index (χ0) is 15.2. The number of amides is 2. The third kappa shape index (κ3) is 4.43. The first-order valence-corrected chi connectivity index (χ1v) is 8.34. The molecule has 2 amide bonds. The molecule has 1 N–H and O–H groups in total. The molecule has 1 aliphatic rings. The summed E-state index contributed by atoms with van der Waals surface area (Å²) in [5.41, 5.74) is 0. The first-order valence-electron chi connectivity index (χ1n) is 7.46. The van der Waals surface area contributed by atoms with Gasteiger partial charge < -0.3 is 19.9 Å². The van der Waals surface area contributed by atoms with Gasteiger partial charge in [0.2, 0.25) is 0 Å². The molecule has 0 aromatic carbocycles. The second-order valence-electron chi connectivity index (χ2n) is 5.53. The summed E-state index contributed by atoms with van der Waals surface area (Å²) in [7, 11) is 4.08. The van der Waals surface area contributed by atoms with E-state index in [1.54, 1.807) is 11.3 Å². The quantitative estimate of drug-likeness (QED) is 0.906. The van der Waals surface area contributed by atoms with Gasteiger partial charge in [-0.05, 0) is 32.0 Å². The Bertz CT molecular complexity index is 436. The van der Waals surface area contributed by atoms with Gasteiger partial charge in [-0.15, -0.1) is 11.3 Å². The third-order valence-corrected chi connectivity index (χ3v) is 4.80. The van der Waals surface area contributed by atoms with Crippen LogP contribution in [0.4, 0.5) is 4.79 Å². The number of hydrogen-bond donors (Lipinski definition) is 1. The van der Waals surface area contributed by atoms with Crippen molar-refractivity contribution in [3.8, 4) is 0 Å². The Morgan fingerprint density at radius 2 is 2.43 bits per heavy atom. The summed E-state index contributed by atoms with van der Waals surface area (Å²) in [6.07, 6.45) is 1.12. The molecule has 2 atom stereocenters. The van der Waals surface area contributed by atoms with Gasteiger partial charge >= 0.3 is 6.03 Å². The van der Waals surface area contributed by atoms with Crippen molar-refractivity contribution in [3.05, 3.63) is 22.4 Å². The molecule has 21 heavy (non-hydrogen) atoms. The van der Waals surface area contributed by atoms with Gasteiger partial charge in [-0.1, -0.05) is 13.0 Å². The minimum Gasteiger partial charge on any atom is -0.375 e. The smallest absolute Gasteiger partial charge is 0.317 e. The van der Waals surface area contributed by atoms with E-state index in [1.165, 1.54) is 4.88 Å². The lowest BCUT2D eigenvalue weighted by molar-refractivity contribution is -0.0155. The summed E-state index contributed by atoms with van der Waals surface area (Å²) < 4.78 is 5.60. The van der Waals surface area contributed by atoms with Crippen LogP contribution in [0.25, 0.3) is 0 Å². The number of nitrogens with zero attached hydrogens (tertiary/aromatic N) is 2. The van der Waals surface area contributed by atoms with Crippen LogP contribution in [0.5, 0.6) is 0 Å². The Hall–Kier alpha value is -1.11. The maximum atomic E-state index is 12.3. The van der Waals surface area contributed by atoms with Crippen molar-refractivity contribution >= 4 is 17.4 Å². The van der Waals surface area contributed by atoms with Crippen molar-refractivity contribution in [1.82, 2.24) is 15.1 Å². The van der Waals surface area contributed by atoms with Crippen molar-refractivity contribution in [2.75, 3.05) is 40.3 Å². The van der Waals surface area contributed by atoms with Crippen LogP contribution >= 0.6 is 11.3 Å². The molecule has 1 aliphatic heterocycles. The first kappa shape index (κ1) is 16.3. The Morgan fingerprint density at radius 3 is 3.05 bits per heavy atom. The van der Waals surface area contributed by atoms with E-state index in [1.807, 2.05) is 25.1 Å². The molecule has 118 valence electrons. The molecule has 0 aliphatic carbocycles. The van der Waals surface area contributed by atoms with Crippen LogP contribution in [0.3, 0.4) is 0 Å². The highest BCUT2D eigenvalue weighted by Gasteiger charge is 2.24. The maximum absolute atomic E-state index is 12.3. The monoisotopic (exact) mass is 311 g/mol. The molecule has 2 rings (SSSR count). The third-order valence-electron chi connectivity index (χ3n) is 3.82. The van der Waals surface area contributed by atoms with Gasteiger partial charge in [0.05, 0.1) is 18.8 Å². The number of morpholine rings is 1. The molecule has 1 saturated heterocycles. The standard InChI is InChI=1S/C15H25N3O2S/c1-4-12-11-18(7-8-20-12)15(19)16-10-13(17(2)3)14-6-5-9-21-14/h5-6,9,12-13H,4,7-8,10-11H2,1-3H3,(H,16,19). The molecule has 1 aromatic heterocycles. The predicted molar refractivity (Wildman–Crippen MR) is 85.7 cm³/mol. The highest BCUT2D eigenvalue weighted by Crippen LogP contribution is 2.22. The summed E-state index contributed by atoms with van der Waals surface area (Å²) in [4.78, 5) is 17.6. The van der Waals surface area contributed by atoms with Gasteiger partial charge in [-0.3, -0.25) is 0 Å². The zero-order valence-corrected chi connectivity index (χ0v) is 13.9. The Morgan fingerprint density at radius 1 is 1.62 bits per heavy atom. The highest BCUT2D eigenvalue weighted by atomic mass is 32.1. The van der Waals surface area contributed by atoms with Gasteiger partial charge in [-0.2, -0.15) is 0 Å². The summed E-state index contributed by atoms with van der Waals surface area (Å²) in [5.74, 6) is 0. The lowest BCUT2D eigenvalue weighted by atomic mass is 10.2. The molecule has 2 heterocycles. The summed E-state index contributed by atoms with van der Waals surface area (Å²) >= 11 is 1.72. The van der Waals surface area contributed by atoms with Crippen molar-refractivity contribution < 1.29 is 9.53 Å². The van der Waals surface area contributed by atoms with Crippen molar-refractivity contribution in [2.24, 2.45) is 0 Å². The number of carbonyl (C=O) groups excluding carboxylic acids is 1. The van der Waals surface area contributed by atoms with E-state index in [-0.39, 0.29) is 18.2 Å². The zero-order valence-electron chi connectivity index (χ0n) is 13.0. The fourth-order valence-electron chi connectivity index (χ4n) is 2.47. The number of urea groups is 1. The van der Waals surface area contributed by atoms with E-state index in [2.05, 4.69) is 28.6 Å². The molecule has 2 unspecified atom stereocenters. The number of rotatable bonds is 5. The number of likely N-dealkylation sites (N-methyl/N-ethyl adjacent to an activating group) is 1. The van der Waals surface area contributed by atoms with Gasteiger partial charge in [0.25, 0.3) is 0 Å². The largest absolute Gasteiger partial charge is 0.375 e. The second kappa shape index (κ2) is 7.77. The van der Waals surface area contributed by atoms with Crippen LogP contribution in [0.2, 0.25) is 0 Å². The molecule has 1 aromatic rings. The van der Waals surface area contributed by atoms with E-state index >= 15 is 0 Å². The van der Waals surface area contributed by atoms with Gasteiger partial charge in [-0.25, -0.2) is 4.79 Å². The Balaban J connectivity index is 1.87. The average molecular weight is 311 g/mol. The molecular formula is C15H25N3O2S. The van der Waals surface area contributed by atoms with Crippen LogP contribution < -0.4 is 5.32 Å². The Labute approximate surface area is 130 Å². The number of thiophene rings is 1. The van der Waals surface area contributed by atoms with Crippen molar-refractivity contribution in [2.45, 2.75) is 25.5 Å². The summed E-state index contributed by atoms with van der Waals surface area (Å²) in [6, 6.07) is 4.40. The molecule has 1 fully saturated rings. The highest BCUT2D eigenvalue weighted by molar-refractivity contribution is 7.10. The van der Waals surface area contributed by atoms with Crippen LogP contribution in [0.1, 0.15) is 24.3 Å². The predicted octanol–water partition coefficient (Wildman–Crippen LogP) is 2.17. The minimum absolute atomic E-state index is 0.0140. The molecule has 5 nitrogen and oxygen atoms in total. The SMILES string of the molecule is CCC1CN(C(=O)NCC(c2cccs2)N(C)C)CCO1. The van der Waals surface area contributed by atoms with Gasteiger partial charge in [0.1, 0.15) is 0 Å². The number of carbonyl (C=O) groups is 1. The maximum Gasteiger partial charge on any atom is 0.317 e. The van der Waals surface area contributed by atoms with E-state index < -0.39 is 0 Å². The van der Waals surface area contributed by atoms with Gasteiger partial charge in [0, 0.05) is 24.5 Å². The summed E-state index contributed by atoms with van der Waals surface area (Å²) in [5, 5.41) is 5.13. The number of ether oxygens (including phenoxy) is 1. The average Bonchev–Trinajstić information content (AvgIpc) is 3.01. The molecular weight excluding hydrogens is 286 g/mol. The second-order valence-corrected chi connectivity index (χ2v) is 6.51. The molecule has 6 heteroatoms. The number of nitrogens with one attached hydrogen (secondary N) is 1. The first-order chi connectivity index (χ1) is 10.1. The van der Waals surface area contributed by atoms with Crippen LogP contribution in [-0.2, 0) is 4.74 Å². The van der Waals surface area contributed by atoms with Crippen LogP contribution in [-0.4, -0.2) is 62.3 Å². The van der Waals surface area contributed by atoms with E-state index in [0.717, 1.165) is 6.42 Å².